The Morgan fingerprint density at radius 2 is 2.33 bits per heavy atom. The predicted molar refractivity (Wildman–Crippen MR) is 88.5 cm³/mol. The lowest BCUT2D eigenvalue weighted by Crippen LogP contribution is -2.50. The number of ether oxygens (including phenoxy) is 2. The van der Waals surface area contributed by atoms with E-state index >= 15 is 0 Å². The van der Waals surface area contributed by atoms with Gasteiger partial charge >= 0.3 is 0 Å². The van der Waals surface area contributed by atoms with E-state index in [4.69, 9.17) is 14.0 Å². The molecule has 1 aromatic rings. The average Bonchev–Trinajstić information content (AvgIpc) is 3.17. The van der Waals surface area contributed by atoms with Crippen molar-refractivity contribution in [3.63, 3.8) is 0 Å². The lowest BCUT2D eigenvalue weighted by Gasteiger charge is -2.32. The van der Waals surface area contributed by atoms with Crippen LogP contribution in [0.1, 0.15) is 49.1 Å². The Labute approximate surface area is 142 Å². The highest BCUT2D eigenvalue weighted by atomic mass is 16.5. The molecule has 1 aliphatic carbocycles. The molecule has 1 aliphatic heterocycles. The van der Waals surface area contributed by atoms with E-state index in [1.165, 1.54) is 12.0 Å². The number of nitrogens with zero attached hydrogens (tertiary/aromatic N) is 1. The zero-order chi connectivity index (χ0) is 16.9. The summed E-state index contributed by atoms with van der Waals surface area (Å²) in [5, 5.41) is 7.04. The molecule has 6 heteroatoms. The first-order valence-corrected chi connectivity index (χ1v) is 8.72. The largest absolute Gasteiger partial charge is 0.379 e. The molecule has 1 amide bonds. The van der Waals surface area contributed by atoms with Crippen LogP contribution < -0.4 is 5.32 Å². The molecule has 0 aromatic carbocycles. The van der Waals surface area contributed by atoms with Gasteiger partial charge in [-0.25, -0.2) is 0 Å². The van der Waals surface area contributed by atoms with Gasteiger partial charge in [0.15, 0.2) is 0 Å². The van der Waals surface area contributed by atoms with Crippen molar-refractivity contribution < 1.29 is 18.8 Å². The molecule has 0 spiro atoms. The maximum atomic E-state index is 12.3. The maximum Gasteiger partial charge on any atom is 0.224 e. The molecule has 6 nitrogen and oxygen atoms in total. The van der Waals surface area contributed by atoms with Crippen LogP contribution in [0.15, 0.2) is 16.2 Å². The summed E-state index contributed by atoms with van der Waals surface area (Å²) in [6.07, 6.45) is 6.71. The Morgan fingerprint density at radius 1 is 1.46 bits per heavy atom. The molecular weight excluding hydrogens is 308 g/mol. The van der Waals surface area contributed by atoms with Crippen LogP contribution in [0.5, 0.6) is 0 Å². The quantitative estimate of drug-likeness (QED) is 0.810. The fourth-order valence-corrected chi connectivity index (χ4v) is 3.31. The molecule has 1 aromatic heterocycles. The molecule has 0 saturated carbocycles. The zero-order valence-electron chi connectivity index (χ0n) is 14.5. The number of carbonyl (C=O) groups is 1. The standard InChI is InChI=1S/C18H26N2O4/c1-12-15(13(2)24-20-12)10-23-17-7-8-22-11-16(17)19-18(21)9-14-5-3-4-6-14/h5,16-17H,3-4,6-11H2,1-2H3,(H,19,21)/t16-,17+/m0/s1. The van der Waals surface area contributed by atoms with Crippen LogP contribution in [-0.4, -0.2) is 36.4 Å². The van der Waals surface area contributed by atoms with Crippen molar-refractivity contribution in [1.29, 1.82) is 0 Å². The van der Waals surface area contributed by atoms with Crippen molar-refractivity contribution >= 4 is 5.91 Å². The van der Waals surface area contributed by atoms with Crippen LogP contribution in [0.3, 0.4) is 0 Å². The highest BCUT2D eigenvalue weighted by Crippen LogP contribution is 2.21. The summed E-state index contributed by atoms with van der Waals surface area (Å²) in [4.78, 5) is 12.3. The molecule has 0 unspecified atom stereocenters. The average molecular weight is 334 g/mol. The SMILES string of the molecule is Cc1noc(C)c1CO[C@@H]1CCOC[C@@H]1NC(=O)CC1=CCCC1. The Bertz CT molecular complexity index is 589. The fourth-order valence-electron chi connectivity index (χ4n) is 3.31. The predicted octanol–water partition coefficient (Wildman–Crippen LogP) is 2.58. The molecular formula is C18H26N2O4. The van der Waals surface area contributed by atoms with Gasteiger partial charge in [0.2, 0.25) is 5.91 Å². The molecule has 132 valence electrons. The van der Waals surface area contributed by atoms with E-state index in [0.29, 0.717) is 26.2 Å². The van der Waals surface area contributed by atoms with E-state index in [1.807, 2.05) is 13.8 Å². The van der Waals surface area contributed by atoms with Crippen LogP contribution in [0.4, 0.5) is 0 Å². The summed E-state index contributed by atoms with van der Waals surface area (Å²) in [5.74, 6) is 0.845. The van der Waals surface area contributed by atoms with Gasteiger partial charge in [-0.15, -0.1) is 0 Å². The third-order valence-electron chi connectivity index (χ3n) is 4.78. The lowest BCUT2D eigenvalue weighted by atomic mass is 10.1. The Morgan fingerprint density at radius 3 is 3.04 bits per heavy atom. The first-order chi connectivity index (χ1) is 11.6. The van der Waals surface area contributed by atoms with Crippen molar-refractivity contribution in [2.75, 3.05) is 13.2 Å². The highest BCUT2D eigenvalue weighted by Gasteiger charge is 2.28. The van der Waals surface area contributed by atoms with Gasteiger partial charge in [0.05, 0.1) is 31.1 Å². The van der Waals surface area contributed by atoms with E-state index in [9.17, 15) is 4.79 Å². The molecule has 2 heterocycles. The lowest BCUT2D eigenvalue weighted by molar-refractivity contribution is -0.125. The summed E-state index contributed by atoms with van der Waals surface area (Å²) in [7, 11) is 0. The second-order valence-corrected chi connectivity index (χ2v) is 6.62. The van der Waals surface area contributed by atoms with Gasteiger partial charge in [0.25, 0.3) is 0 Å². The van der Waals surface area contributed by atoms with Gasteiger partial charge in [0, 0.05) is 18.6 Å². The summed E-state index contributed by atoms with van der Waals surface area (Å²) >= 11 is 0. The van der Waals surface area contributed by atoms with Crippen LogP contribution in [0, 0.1) is 13.8 Å². The van der Waals surface area contributed by atoms with E-state index in [-0.39, 0.29) is 18.1 Å². The smallest absolute Gasteiger partial charge is 0.224 e. The number of hydrogen-bond donors (Lipinski definition) is 1. The molecule has 2 aliphatic rings. The normalized spacial score (nSPS) is 24.0. The van der Waals surface area contributed by atoms with Crippen LogP contribution in [0.25, 0.3) is 0 Å². The van der Waals surface area contributed by atoms with Crippen molar-refractivity contribution in [2.24, 2.45) is 0 Å². The number of aromatic nitrogens is 1. The first-order valence-electron chi connectivity index (χ1n) is 8.72. The van der Waals surface area contributed by atoms with Gasteiger partial charge in [-0.05, 0) is 39.5 Å². The van der Waals surface area contributed by atoms with Crippen LogP contribution in [0.2, 0.25) is 0 Å². The Balaban J connectivity index is 1.53. The Kier molecular flexibility index (Phi) is 5.68. The second-order valence-electron chi connectivity index (χ2n) is 6.62. The number of allylic oxidation sites excluding steroid dienone is 1. The number of hydrogen-bond acceptors (Lipinski definition) is 5. The minimum absolute atomic E-state index is 0.0473. The van der Waals surface area contributed by atoms with Gasteiger partial charge in [-0.3, -0.25) is 4.79 Å². The minimum atomic E-state index is -0.103. The monoisotopic (exact) mass is 334 g/mol. The maximum absolute atomic E-state index is 12.3. The van der Waals surface area contributed by atoms with E-state index in [1.54, 1.807) is 0 Å². The minimum Gasteiger partial charge on any atom is -0.379 e. The summed E-state index contributed by atoms with van der Waals surface area (Å²) < 4.78 is 16.8. The number of aryl methyl sites for hydroxylation is 2. The van der Waals surface area contributed by atoms with Crippen LogP contribution in [-0.2, 0) is 20.9 Å². The number of carbonyl (C=O) groups excluding carboxylic acids is 1. The van der Waals surface area contributed by atoms with Crippen molar-refractivity contribution in [3.8, 4) is 0 Å². The summed E-state index contributed by atoms with van der Waals surface area (Å²) in [6, 6.07) is -0.103. The molecule has 0 bridgehead atoms. The molecule has 1 N–H and O–H groups in total. The van der Waals surface area contributed by atoms with E-state index < -0.39 is 0 Å². The van der Waals surface area contributed by atoms with E-state index in [0.717, 1.165) is 36.3 Å². The van der Waals surface area contributed by atoms with Crippen molar-refractivity contribution in [3.05, 3.63) is 28.7 Å². The highest BCUT2D eigenvalue weighted by molar-refractivity contribution is 5.79. The third-order valence-corrected chi connectivity index (χ3v) is 4.78. The zero-order valence-corrected chi connectivity index (χ0v) is 14.5. The van der Waals surface area contributed by atoms with Crippen LogP contribution >= 0.6 is 0 Å². The van der Waals surface area contributed by atoms with Gasteiger partial charge in [0.1, 0.15) is 5.76 Å². The molecule has 2 atom stereocenters. The summed E-state index contributed by atoms with van der Waals surface area (Å²) in [5.41, 5.74) is 3.09. The molecule has 0 radical (unpaired) electrons. The number of rotatable bonds is 6. The number of amides is 1. The molecule has 1 fully saturated rings. The molecule has 1 saturated heterocycles. The first kappa shape index (κ1) is 17.2. The summed E-state index contributed by atoms with van der Waals surface area (Å²) in [6.45, 7) is 5.40. The number of nitrogens with one attached hydrogen (secondary N) is 1. The van der Waals surface area contributed by atoms with Gasteiger partial charge < -0.3 is 19.3 Å². The second kappa shape index (κ2) is 7.94. The van der Waals surface area contributed by atoms with Gasteiger partial charge in [-0.1, -0.05) is 16.8 Å². The molecule has 24 heavy (non-hydrogen) atoms. The third kappa shape index (κ3) is 4.24. The van der Waals surface area contributed by atoms with Crippen molar-refractivity contribution in [1.82, 2.24) is 10.5 Å². The van der Waals surface area contributed by atoms with Crippen molar-refractivity contribution in [2.45, 2.75) is 64.7 Å². The molecule has 3 rings (SSSR count). The Hall–Kier alpha value is -1.66. The van der Waals surface area contributed by atoms with E-state index in [2.05, 4.69) is 16.5 Å². The topological polar surface area (TPSA) is 73.6 Å². The van der Waals surface area contributed by atoms with Gasteiger partial charge in [-0.2, -0.15) is 0 Å². The fraction of sp³-hybridized carbons (Fsp3) is 0.667.